The third kappa shape index (κ3) is 3.84. The molecule has 2 aromatic rings. The zero-order chi connectivity index (χ0) is 20.3. The number of carbonyl (C=O) groups is 1. The van der Waals surface area contributed by atoms with Gasteiger partial charge < -0.3 is 15.0 Å². The highest BCUT2D eigenvalue weighted by molar-refractivity contribution is 5.80. The van der Waals surface area contributed by atoms with Gasteiger partial charge in [-0.15, -0.1) is 0 Å². The van der Waals surface area contributed by atoms with Crippen molar-refractivity contribution in [3.8, 4) is 0 Å². The van der Waals surface area contributed by atoms with Gasteiger partial charge in [0.05, 0.1) is 24.5 Å². The molecule has 1 aliphatic rings. The number of ether oxygens (including phenoxy) is 1. The Morgan fingerprint density at radius 1 is 1.39 bits per heavy atom. The van der Waals surface area contributed by atoms with Crippen LogP contribution >= 0.6 is 0 Å². The van der Waals surface area contributed by atoms with E-state index < -0.39 is 5.82 Å². The molecule has 1 amide bonds. The molecule has 8 nitrogen and oxygen atoms in total. The number of aryl methyl sites for hydroxylation is 2. The smallest absolute Gasteiger partial charge is 0.223 e. The lowest BCUT2D eigenvalue weighted by Crippen LogP contribution is -2.33. The maximum absolute atomic E-state index is 14.5. The second kappa shape index (κ2) is 8.64. The minimum Gasteiger partial charge on any atom is -0.383 e. The Balaban J connectivity index is 1.84. The van der Waals surface area contributed by atoms with Gasteiger partial charge in [0.1, 0.15) is 6.33 Å². The molecule has 1 saturated heterocycles. The number of halogens is 1. The molecule has 28 heavy (non-hydrogen) atoms. The van der Waals surface area contributed by atoms with Crippen LogP contribution in [0.25, 0.3) is 0 Å². The van der Waals surface area contributed by atoms with Crippen molar-refractivity contribution >= 4 is 11.7 Å². The summed E-state index contributed by atoms with van der Waals surface area (Å²) >= 11 is 0. The minimum atomic E-state index is -0.431. The first-order valence-electron chi connectivity index (χ1n) is 9.48. The van der Waals surface area contributed by atoms with Crippen LogP contribution in [0.2, 0.25) is 0 Å². The Morgan fingerprint density at radius 2 is 2.18 bits per heavy atom. The monoisotopic (exact) mass is 390 g/mol. The number of methoxy groups -OCH3 is 1. The lowest BCUT2D eigenvalue weighted by Gasteiger charge is -2.28. The van der Waals surface area contributed by atoms with E-state index in [1.807, 2.05) is 32.0 Å². The molecular weight excluding hydrogens is 363 g/mol. The Labute approximate surface area is 164 Å². The number of amides is 1. The lowest BCUT2D eigenvalue weighted by molar-refractivity contribution is -0.129. The Morgan fingerprint density at radius 3 is 2.82 bits per heavy atom. The van der Waals surface area contributed by atoms with Gasteiger partial charge in [0.15, 0.2) is 11.6 Å². The van der Waals surface area contributed by atoms with E-state index in [-0.39, 0.29) is 23.7 Å². The van der Waals surface area contributed by atoms with E-state index >= 15 is 0 Å². The fourth-order valence-electron chi connectivity index (χ4n) is 3.73. The standard InChI is InChI=1S/C19H27FN6O2/c1-5-15-17(20)19(23-11-22-15)21-9-13-8-16(27)26(6-7-28-4)18(13)14-10-24-25(3)12(14)2/h10-11,13,18H,5-9H2,1-4H3,(H,21,22,23)/t13-,18+/m0/s1. The number of nitrogens with one attached hydrogen (secondary N) is 1. The van der Waals surface area contributed by atoms with Crippen molar-refractivity contribution in [1.29, 1.82) is 0 Å². The summed E-state index contributed by atoms with van der Waals surface area (Å²) in [4.78, 5) is 22.5. The zero-order valence-corrected chi connectivity index (χ0v) is 16.8. The molecule has 2 atom stereocenters. The van der Waals surface area contributed by atoms with Crippen LogP contribution in [0, 0.1) is 18.7 Å². The topological polar surface area (TPSA) is 85.2 Å². The third-order valence-electron chi connectivity index (χ3n) is 5.40. The molecule has 0 unspecified atom stereocenters. The Kier molecular flexibility index (Phi) is 6.23. The molecule has 1 aliphatic heterocycles. The fraction of sp³-hybridized carbons (Fsp3) is 0.579. The van der Waals surface area contributed by atoms with Gasteiger partial charge in [-0.2, -0.15) is 5.10 Å². The van der Waals surface area contributed by atoms with Crippen LogP contribution < -0.4 is 5.32 Å². The summed E-state index contributed by atoms with van der Waals surface area (Å²) in [5.74, 6) is -0.225. The van der Waals surface area contributed by atoms with Gasteiger partial charge >= 0.3 is 0 Å². The predicted octanol–water partition coefficient (Wildman–Crippen LogP) is 1.87. The van der Waals surface area contributed by atoms with E-state index in [1.165, 1.54) is 6.33 Å². The molecule has 3 heterocycles. The number of likely N-dealkylation sites (tertiary alicyclic amines) is 1. The number of nitrogens with zero attached hydrogens (tertiary/aromatic N) is 5. The van der Waals surface area contributed by atoms with E-state index in [0.717, 1.165) is 11.3 Å². The van der Waals surface area contributed by atoms with Crippen LogP contribution in [0.3, 0.4) is 0 Å². The summed E-state index contributed by atoms with van der Waals surface area (Å²) in [6.45, 7) is 5.22. The molecule has 9 heteroatoms. The van der Waals surface area contributed by atoms with E-state index in [1.54, 1.807) is 11.8 Å². The molecule has 2 aromatic heterocycles. The average Bonchev–Trinajstić information content (AvgIpc) is 3.17. The van der Waals surface area contributed by atoms with Gasteiger partial charge in [-0.05, 0) is 13.3 Å². The molecule has 152 valence electrons. The van der Waals surface area contributed by atoms with Crippen LogP contribution in [0.4, 0.5) is 10.2 Å². The van der Waals surface area contributed by atoms with Crippen LogP contribution in [-0.2, 0) is 23.0 Å². The number of carbonyl (C=O) groups excluding carboxylic acids is 1. The van der Waals surface area contributed by atoms with Gasteiger partial charge in [0.25, 0.3) is 0 Å². The number of hydrogen-bond donors (Lipinski definition) is 1. The van der Waals surface area contributed by atoms with Gasteiger partial charge in [-0.3, -0.25) is 9.48 Å². The number of rotatable bonds is 8. The summed E-state index contributed by atoms with van der Waals surface area (Å²) in [5.41, 5.74) is 2.39. The van der Waals surface area contributed by atoms with E-state index in [9.17, 15) is 9.18 Å². The maximum atomic E-state index is 14.5. The number of anilines is 1. The molecule has 1 fully saturated rings. The highest BCUT2D eigenvalue weighted by Gasteiger charge is 2.41. The van der Waals surface area contributed by atoms with Gasteiger partial charge in [-0.1, -0.05) is 6.92 Å². The van der Waals surface area contributed by atoms with Crippen molar-refractivity contribution < 1.29 is 13.9 Å². The van der Waals surface area contributed by atoms with Crippen LogP contribution in [0.15, 0.2) is 12.5 Å². The van der Waals surface area contributed by atoms with E-state index in [2.05, 4.69) is 20.4 Å². The lowest BCUT2D eigenvalue weighted by atomic mass is 9.94. The molecular formula is C19H27FN6O2. The van der Waals surface area contributed by atoms with Gasteiger partial charge in [0, 0.05) is 50.8 Å². The third-order valence-corrected chi connectivity index (χ3v) is 5.40. The van der Waals surface area contributed by atoms with Crippen molar-refractivity contribution in [3.05, 3.63) is 35.3 Å². The number of aromatic nitrogens is 4. The molecule has 0 radical (unpaired) electrons. The van der Waals surface area contributed by atoms with Crippen LogP contribution in [0.1, 0.15) is 36.3 Å². The second-order valence-electron chi connectivity index (χ2n) is 7.02. The molecule has 0 saturated carbocycles. The summed E-state index contributed by atoms with van der Waals surface area (Å²) in [6, 6.07) is -0.139. The SMILES string of the molecule is CCc1ncnc(NC[C@@H]2CC(=O)N(CCOC)[C@H]2c2cnn(C)c2C)c1F. The molecule has 0 bridgehead atoms. The summed E-state index contributed by atoms with van der Waals surface area (Å²) < 4.78 is 21.4. The Hall–Kier alpha value is -2.55. The van der Waals surface area contributed by atoms with Crippen LogP contribution in [-0.4, -0.2) is 57.4 Å². The molecule has 3 rings (SSSR count). The minimum absolute atomic E-state index is 0.0355. The Bertz CT molecular complexity index is 840. The largest absolute Gasteiger partial charge is 0.383 e. The summed E-state index contributed by atoms with van der Waals surface area (Å²) in [6.07, 6.45) is 4.04. The van der Waals surface area contributed by atoms with Crippen molar-refractivity contribution in [2.45, 2.75) is 32.7 Å². The highest BCUT2D eigenvalue weighted by atomic mass is 19.1. The summed E-state index contributed by atoms with van der Waals surface area (Å²) in [5, 5.41) is 7.43. The fourth-order valence-corrected chi connectivity index (χ4v) is 3.73. The molecule has 0 spiro atoms. The predicted molar refractivity (Wildman–Crippen MR) is 102 cm³/mol. The normalized spacial score (nSPS) is 19.5. The molecule has 1 N–H and O–H groups in total. The van der Waals surface area contributed by atoms with Crippen molar-refractivity contribution in [3.63, 3.8) is 0 Å². The molecule has 0 aromatic carbocycles. The highest BCUT2D eigenvalue weighted by Crippen LogP contribution is 2.39. The second-order valence-corrected chi connectivity index (χ2v) is 7.02. The number of hydrogen-bond acceptors (Lipinski definition) is 6. The first-order valence-corrected chi connectivity index (χ1v) is 9.48. The maximum Gasteiger partial charge on any atom is 0.223 e. The van der Waals surface area contributed by atoms with Crippen molar-refractivity contribution in [2.75, 3.05) is 32.1 Å². The quantitative estimate of drug-likeness (QED) is 0.741. The summed E-state index contributed by atoms with van der Waals surface area (Å²) in [7, 11) is 3.50. The van der Waals surface area contributed by atoms with Gasteiger partial charge in [-0.25, -0.2) is 14.4 Å². The van der Waals surface area contributed by atoms with Gasteiger partial charge in [0.2, 0.25) is 5.91 Å². The average molecular weight is 390 g/mol. The first kappa shape index (κ1) is 20.2. The first-order chi connectivity index (χ1) is 13.5. The molecule has 0 aliphatic carbocycles. The van der Waals surface area contributed by atoms with Crippen LogP contribution in [0.5, 0.6) is 0 Å². The van der Waals surface area contributed by atoms with E-state index in [4.69, 9.17) is 4.74 Å². The van der Waals surface area contributed by atoms with E-state index in [0.29, 0.717) is 38.2 Å². The van der Waals surface area contributed by atoms with Crippen molar-refractivity contribution in [1.82, 2.24) is 24.6 Å². The van der Waals surface area contributed by atoms with Crippen molar-refractivity contribution in [2.24, 2.45) is 13.0 Å². The zero-order valence-electron chi connectivity index (χ0n) is 16.8.